The lowest BCUT2D eigenvalue weighted by atomic mass is 10.1. The van der Waals surface area contributed by atoms with Gasteiger partial charge in [-0.15, -0.1) is 0 Å². The molecule has 0 saturated heterocycles. The number of para-hydroxylation sites is 1. The summed E-state index contributed by atoms with van der Waals surface area (Å²) in [6.45, 7) is 4.51. The highest BCUT2D eigenvalue weighted by atomic mass is 16.5. The number of carbonyl (C=O) groups excluding carboxylic acids is 1. The van der Waals surface area contributed by atoms with Crippen LogP contribution in [0.3, 0.4) is 0 Å². The van der Waals surface area contributed by atoms with Crippen LogP contribution in [-0.2, 0) is 11.3 Å². The van der Waals surface area contributed by atoms with Crippen LogP contribution in [0.15, 0.2) is 30.6 Å². The Morgan fingerprint density at radius 3 is 2.65 bits per heavy atom. The maximum absolute atomic E-state index is 12.0. The number of carbonyl (C=O) groups is 1. The van der Waals surface area contributed by atoms with Gasteiger partial charge >= 0.3 is 0 Å². The van der Waals surface area contributed by atoms with Gasteiger partial charge in [-0.05, 0) is 25.0 Å². The van der Waals surface area contributed by atoms with Gasteiger partial charge in [-0.2, -0.15) is 5.10 Å². The zero-order valence-corrected chi connectivity index (χ0v) is 12.0. The van der Waals surface area contributed by atoms with Crippen molar-refractivity contribution in [1.82, 2.24) is 15.1 Å². The van der Waals surface area contributed by atoms with Gasteiger partial charge in [0.2, 0.25) is 0 Å². The number of aromatic nitrogens is 2. The Balaban J connectivity index is 1.91. The summed E-state index contributed by atoms with van der Waals surface area (Å²) in [5.41, 5.74) is 3.04. The van der Waals surface area contributed by atoms with Crippen molar-refractivity contribution in [2.75, 3.05) is 13.7 Å². The van der Waals surface area contributed by atoms with E-state index in [2.05, 4.69) is 10.2 Å². The zero-order chi connectivity index (χ0) is 14.5. The molecular formula is C15H19N3O2. The lowest BCUT2D eigenvalue weighted by Gasteiger charge is -2.18. The van der Waals surface area contributed by atoms with Crippen LogP contribution in [0.1, 0.15) is 16.7 Å². The Morgan fingerprint density at radius 1 is 1.35 bits per heavy atom. The van der Waals surface area contributed by atoms with E-state index in [1.807, 2.05) is 32.0 Å². The number of ether oxygens (including phenoxy) is 1. The summed E-state index contributed by atoms with van der Waals surface area (Å²) >= 11 is 0. The van der Waals surface area contributed by atoms with Gasteiger partial charge in [-0.25, -0.2) is 0 Å². The third kappa shape index (κ3) is 3.38. The second-order valence-electron chi connectivity index (χ2n) is 4.87. The predicted octanol–water partition coefficient (Wildman–Crippen LogP) is 2.06. The molecule has 0 atom stereocenters. The molecule has 1 N–H and O–H groups in total. The largest absolute Gasteiger partial charge is 0.483 e. The second kappa shape index (κ2) is 6.23. The first kappa shape index (κ1) is 14.1. The Morgan fingerprint density at radius 2 is 2.05 bits per heavy atom. The molecule has 0 aliphatic heterocycles. The molecule has 0 radical (unpaired) electrons. The average Bonchev–Trinajstić information content (AvgIpc) is 2.90. The molecule has 2 aromatic rings. The SMILES string of the molecule is Cc1cccc(C)c1OCC(=O)N(C)Cc1cn[nH]c1. The van der Waals surface area contributed by atoms with Crippen LogP contribution in [0, 0.1) is 13.8 Å². The van der Waals surface area contributed by atoms with Crippen molar-refractivity contribution in [2.24, 2.45) is 0 Å². The van der Waals surface area contributed by atoms with Crippen molar-refractivity contribution in [2.45, 2.75) is 20.4 Å². The van der Waals surface area contributed by atoms with Crippen LogP contribution >= 0.6 is 0 Å². The summed E-state index contributed by atoms with van der Waals surface area (Å²) in [6.07, 6.45) is 3.48. The van der Waals surface area contributed by atoms with Gasteiger partial charge in [0.1, 0.15) is 5.75 Å². The number of amides is 1. The molecule has 106 valence electrons. The number of hydrogen-bond donors (Lipinski definition) is 1. The van der Waals surface area contributed by atoms with E-state index in [4.69, 9.17) is 4.74 Å². The van der Waals surface area contributed by atoms with Gasteiger partial charge in [0, 0.05) is 25.4 Å². The minimum absolute atomic E-state index is 0.0417. The number of benzene rings is 1. The number of nitrogens with zero attached hydrogens (tertiary/aromatic N) is 2. The van der Waals surface area contributed by atoms with E-state index >= 15 is 0 Å². The first-order chi connectivity index (χ1) is 9.58. The van der Waals surface area contributed by atoms with E-state index in [1.165, 1.54) is 0 Å². The molecule has 0 unspecified atom stereocenters. The van der Waals surface area contributed by atoms with Crippen LogP contribution in [0.2, 0.25) is 0 Å². The quantitative estimate of drug-likeness (QED) is 0.907. The zero-order valence-electron chi connectivity index (χ0n) is 12.0. The molecule has 0 saturated carbocycles. The van der Waals surface area contributed by atoms with Crippen LogP contribution in [0.25, 0.3) is 0 Å². The number of aromatic amines is 1. The van der Waals surface area contributed by atoms with Crippen molar-refractivity contribution in [3.8, 4) is 5.75 Å². The molecule has 1 aromatic heterocycles. The number of H-pyrrole nitrogens is 1. The molecule has 0 spiro atoms. The lowest BCUT2D eigenvalue weighted by Crippen LogP contribution is -2.31. The monoisotopic (exact) mass is 273 g/mol. The standard InChI is InChI=1S/C15H19N3O2/c1-11-5-4-6-12(2)15(11)20-10-14(19)18(3)9-13-7-16-17-8-13/h4-8H,9-10H2,1-3H3,(H,16,17). The first-order valence-electron chi connectivity index (χ1n) is 6.48. The van der Waals surface area contributed by atoms with Crippen LogP contribution in [0.4, 0.5) is 0 Å². The molecule has 2 rings (SSSR count). The summed E-state index contributed by atoms with van der Waals surface area (Å²) < 4.78 is 5.66. The maximum atomic E-state index is 12.0. The molecule has 0 bridgehead atoms. The lowest BCUT2D eigenvalue weighted by molar-refractivity contribution is -0.132. The van der Waals surface area contributed by atoms with Crippen molar-refractivity contribution >= 4 is 5.91 Å². The Kier molecular flexibility index (Phi) is 4.40. The number of aryl methyl sites for hydroxylation is 2. The van der Waals surface area contributed by atoms with E-state index in [-0.39, 0.29) is 12.5 Å². The highest BCUT2D eigenvalue weighted by Crippen LogP contribution is 2.22. The third-order valence-electron chi connectivity index (χ3n) is 3.15. The minimum atomic E-state index is -0.0612. The smallest absolute Gasteiger partial charge is 0.260 e. The molecule has 1 aromatic carbocycles. The molecule has 0 fully saturated rings. The van der Waals surface area contributed by atoms with Crippen molar-refractivity contribution < 1.29 is 9.53 Å². The van der Waals surface area contributed by atoms with Crippen LogP contribution in [0.5, 0.6) is 5.75 Å². The first-order valence-corrected chi connectivity index (χ1v) is 6.48. The van der Waals surface area contributed by atoms with Crippen molar-refractivity contribution in [3.63, 3.8) is 0 Å². The fourth-order valence-corrected chi connectivity index (χ4v) is 2.00. The maximum Gasteiger partial charge on any atom is 0.260 e. The summed E-state index contributed by atoms with van der Waals surface area (Å²) in [6, 6.07) is 5.92. The van der Waals surface area contributed by atoms with Gasteiger partial charge in [0.15, 0.2) is 6.61 Å². The number of hydrogen-bond acceptors (Lipinski definition) is 3. The number of likely N-dealkylation sites (N-methyl/N-ethyl adjacent to an activating group) is 1. The fraction of sp³-hybridized carbons (Fsp3) is 0.333. The van der Waals surface area contributed by atoms with Gasteiger partial charge in [0.05, 0.1) is 6.20 Å². The molecule has 1 amide bonds. The summed E-state index contributed by atoms with van der Waals surface area (Å²) in [7, 11) is 1.75. The summed E-state index contributed by atoms with van der Waals surface area (Å²) in [4.78, 5) is 13.7. The van der Waals surface area contributed by atoms with Crippen LogP contribution < -0.4 is 4.74 Å². The molecule has 0 aliphatic rings. The van der Waals surface area contributed by atoms with E-state index in [0.29, 0.717) is 6.54 Å². The highest BCUT2D eigenvalue weighted by Gasteiger charge is 2.12. The summed E-state index contributed by atoms with van der Waals surface area (Å²) in [5.74, 6) is 0.728. The summed E-state index contributed by atoms with van der Waals surface area (Å²) in [5, 5.41) is 6.58. The predicted molar refractivity (Wildman–Crippen MR) is 76.5 cm³/mol. The number of nitrogens with one attached hydrogen (secondary N) is 1. The van der Waals surface area contributed by atoms with E-state index in [0.717, 1.165) is 22.4 Å². The average molecular weight is 273 g/mol. The van der Waals surface area contributed by atoms with E-state index in [9.17, 15) is 4.79 Å². The third-order valence-corrected chi connectivity index (χ3v) is 3.15. The van der Waals surface area contributed by atoms with Gasteiger partial charge in [-0.1, -0.05) is 18.2 Å². The van der Waals surface area contributed by atoms with Gasteiger partial charge in [-0.3, -0.25) is 9.89 Å². The molecule has 20 heavy (non-hydrogen) atoms. The van der Waals surface area contributed by atoms with Gasteiger partial charge < -0.3 is 9.64 Å². The van der Waals surface area contributed by atoms with E-state index < -0.39 is 0 Å². The minimum Gasteiger partial charge on any atom is -0.483 e. The Hall–Kier alpha value is -2.30. The number of rotatable bonds is 5. The molecule has 5 heteroatoms. The van der Waals surface area contributed by atoms with Crippen molar-refractivity contribution in [3.05, 3.63) is 47.3 Å². The second-order valence-corrected chi connectivity index (χ2v) is 4.87. The molecular weight excluding hydrogens is 254 g/mol. The van der Waals surface area contributed by atoms with Crippen LogP contribution in [-0.4, -0.2) is 34.7 Å². The molecule has 1 heterocycles. The van der Waals surface area contributed by atoms with Crippen molar-refractivity contribution in [1.29, 1.82) is 0 Å². The van der Waals surface area contributed by atoms with E-state index in [1.54, 1.807) is 24.3 Å². The Labute approximate surface area is 118 Å². The normalized spacial score (nSPS) is 10.3. The fourth-order valence-electron chi connectivity index (χ4n) is 2.00. The topological polar surface area (TPSA) is 58.2 Å². The van der Waals surface area contributed by atoms with Gasteiger partial charge in [0.25, 0.3) is 5.91 Å². The Bertz CT molecular complexity index is 559. The molecule has 5 nitrogen and oxygen atoms in total. The molecule has 0 aliphatic carbocycles. The highest BCUT2D eigenvalue weighted by molar-refractivity contribution is 5.77.